The van der Waals surface area contributed by atoms with Crippen molar-refractivity contribution < 1.29 is 38.1 Å². The van der Waals surface area contributed by atoms with Crippen LogP contribution in [0.5, 0.6) is 0 Å². The maximum atomic E-state index is 13.2. The number of ether oxygens (including phenoxy) is 4. The largest absolute Gasteiger partial charge is 0.464 e. The first kappa shape index (κ1) is 30.2. The van der Waals surface area contributed by atoms with Crippen LogP contribution in [0.15, 0.2) is 72.4 Å². The number of amides is 2. The van der Waals surface area contributed by atoms with Gasteiger partial charge in [-0.2, -0.15) is 0 Å². The highest BCUT2D eigenvalue weighted by atomic mass is 16.6. The Hall–Kier alpha value is -4.34. The van der Waals surface area contributed by atoms with Crippen molar-refractivity contribution in [2.75, 3.05) is 7.11 Å². The molecule has 3 rings (SSSR count). The quantitative estimate of drug-likeness (QED) is 0.266. The second-order valence-corrected chi connectivity index (χ2v) is 10.3. The monoisotopic (exact) mass is 552 g/mol. The molecule has 10 nitrogen and oxygen atoms in total. The Labute approximate surface area is 234 Å². The number of likely N-dealkylation sites (tertiary alicyclic amines) is 1. The normalized spacial score (nSPS) is 17.1. The lowest BCUT2D eigenvalue weighted by molar-refractivity contribution is -0.160. The van der Waals surface area contributed by atoms with Crippen LogP contribution in [0.1, 0.15) is 51.2 Å². The SMILES string of the molecule is COC(=O)/C(=C\C[C@H]1CC[C@@H](C(=O)OC(C)(C)C)N1C(=O)OCc1ccccc1)NC(=O)OCc1ccccc1. The van der Waals surface area contributed by atoms with E-state index in [0.717, 1.165) is 11.1 Å². The van der Waals surface area contributed by atoms with Crippen LogP contribution in [-0.2, 0) is 41.8 Å². The summed E-state index contributed by atoms with van der Waals surface area (Å²) >= 11 is 0. The minimum Gasteiger partial charge on any atom is -0.464 e. The summed E-state index contributed by atoms with van der Waals surface area (Å²) in [5, 5.41) is 2.42. The molecule has 0 saturated carbocycles. The van der Waals surface area contributed by atoms with E-state index in [4.69, 9.17) is 18.9 Å². The fraction of sp³-hybridized carbons (Fsp3) is 0.400. The summed E-state index contributed by atoms with van der Waals surface area (Å²) in [5.74, 6) is -1.32. The van der Waals surface area contributed by atoms with Crippen LogP contribution in [0, 0.1) is 0 Å². The fourth-order valence-corrected chi connectivity index (χ4v) is 4.20. The highest BCUT2D eigenvalue weighted by molar-refractivity contribution is 5.92. The molecule has 2 amide bonds. The molecule has 0 aromatic heterocycles. The van der Waals surface area contributed by atoms with E-state index >= 15 is 0 Å². The molecule has 2 aromatic carbocycles. The van der Waals surface area contributed by atoms with E-state index in [1.165, 1.54) is 18.1 Å². The Morgan fingerprint density at radius 3 is 2.02 bits per heavy atom. The summed E-state index contributed by atoms with van der Waals surface area (Å²) in [6.07, 6.45) is 0.892. The van der Waals surface area contributed by atoms with Gasteiger partial charge in [-0.25, -0.2) is 19.2 Å². The number of methoxy groups -OCH3 is 1. The second kappa shape index (κ2) is 14.2. The number of nitrogens with zero attached hydrogens (tertiary/aromatic N) is 1. The highest BCUT2D eigenvalue weighted by Crippen LogP contribution is 2.30. The third-order valence-electron chi connectivity index (χ3n) is 6.05. The highest BCUT2D eigenvalue weighted by Gasteiger charge is 2.43. The van der Waals surface area contributed by atoms with Crippen molar-refractivity contribution in [2.45, 2.75) is 70.9 Å². The second-order valence-electron chi connectivity index (χ2n) is 10.3. The lowest BCUT2D eigenvalue weighted by atomic mass is 10.1. The Balaban J connectivity index is 1.73. The zero-order chi connectivity index (χ0) is 29.1. The molecule has 0 unspecified atom stereocenters. The van der Waals surface area contributed by atoms with Crippen molar-refractivity contribution in [3.8, 4) is 0 Å². The predicted octanol–water partition coefficient (Wildman–Crippen LogP) is 4.87. The maximum Gasteiger partial charge on any atom is 0.412 e. The van der Waals surface area contributed by atoms with Gasteiger partial charge in [-0.3, -0.25) is 10.2 Å². The first-order valence-electron chi connectivity index (χ1n) is 13.1. The van der Waals surface area contributed by atoms with Gasteiger partial charge in [0.25, 0.3) is 0 Å². The summed E-state index contributed by atoms with van der Waals surface area (Å²) in [7, 11) is 1.19. The summed E-state index contributed by atoms with van der Waals surface area (Å²) in [5.41, 5.74) is 0.701. The molecule has 2 aromatic rings. The number of hydrogen-bond donors (Lipinski definition) is 1. The van der Waals surface area contributed by atoms with Crippen LogP contribution in [0.3, 0.4) is 0 Å². The van der Waals surface area contributed by atoms with Gasteiger partial charge in [-0.05, 0) is 51.2 Å². The minimum absolute atomic E-state index is 0.0162. The van der Waals surface area contributed by atoms with Crippen molar-refractivity contribution in [3.05, 3.63) is 83.6 Å². The molecule has 214 valence electrons. The number of carbonyl (C=O) groups excluding carboxylic acids is 4. The van der Waals surface area contributed by atoms with Crippen LogP contribution >= 0.6 is 0 Å². The van der Waals surface area contributed by atoms with Gasteiger partial charge < -0.3 is 18.9 Å². The van der Waals surface area contributed by atoms with E-state index in [-0.39, 0.29) is 25.3 Å². The number of hydrogen-bond acceptors (Lipinski definition) is 8. The number of esters is 2. The van der Waals surface area contributed by atoms with E-state index in [0.29, 0.717) is 12.8 Å². The zero-order valence-corrected chi connectivity index (χ0v) is 23.3. The van der Waals surface area contributed by atoms with Gasteiger partial charge in [0, 0.05) is 6.04 Å². The minimum atomic E-state index is -0.855. The number of carbonyl (C=O) groups is 4. The number of alkyl carbamates (subject to hydrolysis) is 1. The molecule has 10 heteroatoms. The number of benzene rings is 2. The predicted molar refractivity (Wildman–Crippen MR) is 146 cm³/mol. The van der Waals surface area contributed by atoms with Crippen molar-refractivity contribution in [1.29, 1.82) is 0 Å². The van der Waals surface area contributed by atoms with Gasteiger partial charge in [0.05, 0.1) is 7.11 Å². The fourth-order valence-electron chi connectivity index (χ4n) is 4.20. The standard InChI is InChI=1S/C30H36N2O8/c1-30(2,3)40-27(34)25-18-16-23(32(25)29(36)39-20-22-13-9-6-10-14-22)15-17-24(26(33)37-4)31-28(35)38-19-21-11-7-5-8-12-21/h5-14,17,23,25H,15-16,18-20H2,1-4H3,(H,31,35)/b24-17+/t23-,25-/m0/s1. The molecule has 0 spiro atoms. The van der Waals surface area contributed by atoms with E-state index in [1.54, 1.807) is 32.9 Å². The summed E-state index contributed by atoms with van der Waals surface area (Å²) in [6.45, 7) is 5.31. The third kappa shape index (κ3) is 9.14. The Morgan fingerprint density at radius 2 is 1.48 bits per heavy atom. The molecule has 0 radical (unpaired) electrons. The van der Waals surface area contributed by atoms with Crippen molar-refractivity contribution in [1.82, 2.24) is 10.2 Å². The molecule has 1 saturated heterocycles. The van der Waals surface area contributed by atoms with Gasteiger partial charge in [0.1, 0.15) is 30.6 Å². The summed E-state index contributed by atoms with van der Waals surface area (Å²) < 4.78 is 21.1. The van der Waals surface area contributed by atoms with Crippen LogP contribution in [0.2, 0.25) is 0 Å². The Kier molecular flexibility index (Phi) is 10.7. The zero-order valence-electron chi connectivity index (χ0n) is 23.3. The van der Waals surface area contributed by atoms with Crippen LogP contribution < -0.4 is 5.32 Å². The van der Waals surface area contributed by atoms with Crippen molar-refractivity contribution >= 4 is 24.1 Å². The van der Waals surface area contributed by atoms with Crippen molar-refractivity contribution in [2.24, 2.45) is 0 Å². The molecule has 0 aliphatic carbocycles. The van der Waals surface area contributed by atoms with Crippen LogP contribution in [-0.4, -0.2) is 53.8 Å². The first-order valence-corrected chi connectivity index (χ1v) is 13.1. The molecule has 1 aliphatic rings. The van der Waals surface area contributed by atoms with E-state index in [9.17, 15) is 19.2 Å². The Morgan fingerprint density at radius 1 is 0.900 bits per heavy atom. The molecule has 0 bridgehead atoms. The maximum absolute atomic E-state index is 13.2. The van der Waals surface area contributed by atoms with E-state index < -0.39 is 41.8 Å². The van der Waals surface area contributed by atoms with Crippen molar-refractivity contribution in [3.63, 3.8) is 0 Å². The molecule has 2 atom stereocenters. The summed E-state index contributed by atoms with van der Waals surface area (Å²) in [4.78, 5) is 52.4. The molecule has 1 fully saturated rings. The van der Waals surface area contributed by atoms with Gasteiger partial charge in [0.15, 0.2) is 0 Å². The molecule has 1 aliphatic heterocycles. The van der Waals surface area contributed by atoms with Gasteiger partial charge in [-0.15, -0.1) is 0 Å². The summed E-state index contributed by atoms with van der Waals surface area (Å²) in [6, 6.07) is 16.9. The number of nitrogens with one attached hydrogen (secondary N) is 1. The molecule has 1 heterocycles. The van der Waals surface area contributed by atoms with Crippen LogP contribution in [0.4, 0.5) is 9.59 Å². The topological polar surface area (TPSA) is 120 Å². The molecule has 40 heavy (non-hydrogen) atoms. The average molecular weight is 553 g/mol. The molecule has 1 N–H and O–H groups in total. The number of rotatable bonds is 9. The molecular weight excluding hydrogens is 516 g/mol. The lowest BCUT2D eigenvalue weighted by Gasteiger charge is -2.30. The van der Waals surface area contributed by atoms with E-state index in [1.807, 2.05) is 48.5 Å². The van der Waals surface area contributed by atoms with Gasteiger partial charge in [0.2, 0.25) is 0 Å². The third-order valence-corrected chi connectivity index (χ3v) is 6.05. The molecular formula is C30H36N2O8. The van der Waals surface area contributed by atoms with Crippen LogP contribution in [0.25, 0.3) is 0 Å². The van der Waals surface area contributed by atoms with Gasteiger partial charge in [-0.1, -0.05) is 66.7 Å². The lowest BCUT2D eigenvalue weighted by Crippen LogP contribution is -2.47. The Bertz CT molecular complexity index is 1190. The first-order chi connectivity index (χ1) is 19.1. The van der Waals surface area contributed by atoms with Gasteiger partial charge >= 0.3 is 24.1 Å². The van der Waals surface area contributed by atoms with E-state index in [2.05, 4.69) is 5.32 Å². The average Bonchev–Trinajstić information content (AvgIpc) is 3.37. The smallest absolute Gasteiger partial charge is 0.412 e.